The van der Waals surface area contributed by atoms with Crippen molar-refractivity contribution in [1.29, 1.82) is 0 Å². The number of hydrogen-bond donors (Lipinski definition) is 2. The Kier molecular flexibility index (Phi) is 4.43. The third-order valence-corrected chi connectivity index (χ3v) is 4.39. The van der Waals surface area contributed by atoms with Gasteiger partial charge in [-0.2, -0.15) is 0 Å². The predicted molar refractivity (Wildman–Crippen MR) is 85.7 cm³/mol. The molecule has 1 aliphatic carbocycles. The fourth-order valence-electron chi connectivity index (χ4n) is 2.90. The number of rotatable bonds is 4. The molecule has 0 spiro atoms. The van der Waals surface area contributed by atoms with Crippen molar-refractivity contribution in [3.8, 4) is 11.5 Å². The van der Waals surface area contributed by atoms with Crippen molar-refractivity contribution in [2.45, 2.75) is 25.3 Å². The maximum absolute atomic E-state index is 12.5. The second-order valence-electron chi connectivity index (χ2n) is 5.57. The van der Waals surface area contributed by atoms with Gasteiger partial charge in [-0.3, -0.25) is 9.59 Å². The van der Waals surface area contributed by atoms with Crippen molar-refractivity contribution in [3.05, 3.63) is 29.8 Å². The third-order valence-electron chi connectivity index (χ3n) is 4.07. The number of anilines is 1. The van der Waals surface area contributed by atoms with Crippen LogP contribution in [0.3, 0.4) is 0 Å². The number of ether oxygens (including phenoxy) is 2. The van der Waals surface area contributed by atoms with E-state index in [2.05, 4.69) is 17.2 Å². The Labute approximate surface area is 138 Å². The summed E-state index contributed by atoms with van der Waals surface area (Å²) in [6, 6.07) is 3.36. The standard InChI is InChI=1S/C16H17ClN2O4/c1-2-13(20)18-10-4-3-9(7-10)16(21)19-14-11(17)5-6-12-15(14)23-8-22-12/h2,5-6,9-10H,1,3-4,7-8H2,(H,18,20)(H,19,21)/t9-,10-/m1/s1. The van der Waals surface area contributed by atoms with E-state index in [9.17, 15) is 9.59 Å². The minimum absolute atomic E-state index is 0.00667. The molecule has 1 heterocycles. The van der Waals surface area contributed by atoms with Gasteiger partial charge in [-0.05, 0) is 37.5 Å². The highest BCUT2D eigenvalue weighted by molar-refractivity contribution is 6.34. The van der Waals surface area contributed by atoms with Crippen LogP contribution in [0.25, 0.3) is 0 Å². The lowest BCUT2D eigenvalue weighted by Crippen LogP contribution is -2.32. The van der Waals surface area contributed by atoms with Crippen LogP contribution in [0.4, 0.5) is 5.69 Å². The summed E-state index contributed by atoms with van der Waals surface area (Å²) in [5.74, 6) is 0.489. The van der Waals surface area contributed by atoms with E-state index in [4.69, 9.17) is 21.1 Å². The Balaban J connectivity index is 1.66. The zero-order chi connectivity index (χ0) is 16.4. The molecule has 23 heavy (non-hydrogen) atoms. The summed E-state index contributed by atoms with van der Waals surface area (Å²) >= 11 is 6.16. The molecule has 6 nitrogen and oxygen atoms in total. The lowest BCUT2D eigenvalue weighted by molar-refractivity contribution is -0.120. The molecule has 1 aromatic rings. The Morgan fingerprint density at radius 3 is 2.91 bits per heavy atom. The van der Waals surface area contributed by atoms with Crippen molar-refractivity contribution in [1.82, 2.24) is 5.32 Å². The lowest BCUT2D eigenvalue weighted by atomic mass is 10.1. The van der Waals surface area contributed by atoms with Gasteiger partial charge in [-0.1, -0.05) is 18.2 Å². The largest absolute Gasteiger partial charge is 0.454 e. The molecule has 0 bridgehead atoms. The van der Waals surface area contributed by atoms with E-state index in [1.54, 1.807) is 12.1 Å². The van der Waals surface area contributed by atoms with Crippen LogP contribution in [-0.4, -0.2) is 24.6 Å². The second-order valence-corrected chi connectivity index (χ2v) is 5.97. The number of carbonyl (C=O) groups is 2. The van der Waals surface area contributed by atoms with Gasteiger partial charge >= 0.3 is 0 Å². The number of nitrogens with one attached hydrogen (secondary N) is 2. The summed E-state index contributed by atoms with van der Waals surface area (Å²) in [6.45, 7) is 3.53. The van der Waals surface area contributed by atoms with Gasteiger partial charge in [0.25, 0.3) is 0 Å². The predicted octanol–water partition coefficient (Wildman–Crippen LogP) is 2.48. The SMILES string of the molecule is C=CC(=O)N[C@@H]1CC[C@@H](C(=O)Nc2c(Cl)ccc3c2OCO3)C1. The van der Waals surface area contributed by atoms with Crippen LogP contribution >= 0.6 is 11.6 Å². The maximum Gasteiger partial charge on any atom is 0.243 e. The van der Waals surface area contributed by atoms with Gasteiger partial charge in [0.2, 0.25) is 18.6 Å². The molecular weight excluding hydrogens is 320 g/mol. The van der Waals surface area contributed by atoms with Gasteiger partial charge in [0.05, 0.1) is 5.02 Å². The van der Waals surface area contributed by atoms with Crippen molar-refractivity contribution in [3.63, 3.8) is 0 Å². The van der Waals surface area contributed by atoms with E-state index < -0.39 is 0 Å². The fraction of sp³-hybridized carbons (Fsp3) is 0.375. The molecule has 0 saturated heterocycles. The summed E-state index contributed by atoms with van der Waals surface area (Å²) in [7, 11) is 0. The number of amides is 2. The summed E-state index contributed by atoms with van der Waals surface area (Å²) in [5.41, 5.74) is 0.435. The van der Waals surface area contributed by atoms with E-state index in [1.165, 1.54) is 6.08 Å². The zero-order valence-electron chi connectivity index (χ0n) is 12.4. The summed E-state index contributed by atoms with van der Waals surface area (Å²) < 4.78 is 10.7. The number of carbonyl (C=O) groups excluding carboxylic acids is 2. The average molecular weight is 337 g/mol. The monoisotopic (exact) mass is 336 g/mol. The van der Waals surface area contributed by atoms with Crippen LogP contribution in [0, 0.1) is 5.92 Å². The fourth-order valence-corrected chi connectivity index (χ4v) is 3.10. The summed E-state index contributed by atoms with van der Waals surface area (Å²) in [6.07, 6.45) is 3.29. The molecule has 3 rings (SSSR count). The van der Waals surface area contributed by atoms with Crippen LogP contribution in [0.1, 0.15) is 19.3 Å². The topological polar surface area (TPSA) is 76.7 Å². The Morgan fingerprint density at radius 2 is 2.13 bits per heavy atom. The van der Waals surface area contributed by atoms with Gasteiger partial charge in [-0.25, -0.2) is 0 Å². The number of halogens is 1. The molecule has 2 atom stereocenters. The highest BCUT2D eigenvalue weighted by Crippen LogP contribution is 2.44. The summed E-state index contributed by atoms with van der Waals surface area (Å²) in [5, 5.41) is 6.05. The zero-order valence-corrected chi connectivity index (χ0v) is 13.2. The van der Waals surface area contributed by atoms with Crippen LogP contribution in [0.5, 0.6) is 11.5 Å². The van der Waals surface area contributed by atoms with Crippen LogP contribution in [-0.2, 0) is 9.59 Å². The van der Waals surface area contributed by atoms with Crippen LogP contribution in [0.2, 0.25) is 5.02 Å². The Morgan fingerprint density at radius 1 is 1.30 bits per heavy atom. The smallest absolute Gasteiger partial charge is 0.243 e. The maximum atomic E-state index is 12.5. The van der Waals surface area contributed by atoms with E-state index >= 15 is 0 Å². The third kappa shape index (κ3) is 3.27. The Bertz CT molecular complexity index is 662. The van der Waals surface area contributed by atoms with Gasteiger partial charge < -0.3 is 20.1 Å². The van der Waals surface area contributed by atoms with E-state index in [-0.39, 0.29) is 30.6 Å². The number of hydrogen-bond acceptors (Lipinski definition) is 4. The van der Waals surface area contributed by atoms with E-state index in [0.29, 0.717) is 35.1 Å². The molecule has 1 aromatic carbocycles. The van der Waals surface area contributed by atoms with Crippen molar-refractivity contribution in [2.75, 3.05) is 12.1 Å². The van der Waals surface area contributed by atoms with Crippen LogP contribution < -0.4 is 20.1 Å². The van der Waals surface area contributed by atoms with Crippen LogP contribution in [0.15, 0.2) is 24.8 Å². The highest BCUT2D eigenvalue weighted by atomic mass is 35.5. The molecule has 0 aromatic heterocycles. The highest BCUT2D eigenvalue weighted by Gasteiger charge is 2.32. The molecule has 2 aliphatic rings. The first-order valence-corrected chi connectivity index (χ1v) is 7.78. The average Bonchev–Trinajstić information content (AvgIpc) is 3.19. The molecule has 1 fully saturated rings. The first-order valence-electron chi connectivity index (χ1n) is 7.40. The minimum atomic E-state index is -0.217. The quantitative estimate of drug-likeness (QED) is 0.828. The number of benzene rings is 1. The van der Waals surface area contributed by atoms with Crippen molar-refractivity contribution < 1.29 is 19.1 Å². The molecule has 122 valence electrons. The van der Waals surface area contributed by atoms with Crippen molar-refractivity contribution >= 4 is 29.1 Å². The first kappa shape index (κ1) is 15.7. The van der Waals surface area contributed by atoms with E-state index in [0.717, 1.165) is 6.42 Å². The van der Waals surface area contributed by atoms with Gasteiger partial charge in [-0.15, -0.1) is 0 Å². The molecular formula is C16H17ClN2O4. The molecule has 7 heteroatoms. The lowest BCUT2D eigenvalue weighted by Gasteiger charge is -2.14. The molecule has 2 N–H and O–H groups in total. The molecule has 1 aliphatic heterocycles. The van der Waals surface area contributed by atoms with Gasteiger partial charge in [0.1, 0.15) is 5.69 Å². The van der Waals surface area contributed by atoms with E-state index in [1.807, 2.05) is 0 Å². The minimum Gasteiger partial charge on any atom is -0.454 e. The second kappa shape index (κ2) is 6.50. The van der Waals surface area contributed by atoms with Gasteiger partial charge in [0.15, 0.2) is 11.5 Å². The van der Waals surface area contributed by atoms with Gasteiger partial charge in [0, 0.05) is 12.0 Å². The number of fused-ring (bicyclic) bond motifs is 1. The van der Waals surface area contributed by atoms with Crippen molar-refractivity contribution in [2.24, 2.45) is 5.92 Å². The summed E-state index contributed by atoms with van der Waals surface area (Å²) in [4.78, 5) is 23.8. The normalized spacial score (nSPS) is 21.8. The molecule has 1 saturated carbocycles. The molecule has 0 unspecified atom stereocenters. The molecule has 2 amide bonds. The Hall–Kier alpha value is -2.21. The molecule has 0 radical (unpaired) electrons. The first-order chi connectivity index (χ1) is 11.1.